The minimum absolute atomic E-state index is 0.0700. The zero-order valence-electron chi connectivity index (χ0n) is 21.3. The predicted octanol–water partition coefficient (Wildman–Crippen LogP) is 4.49. The highest BCUT2D eigenvalue weighted by molar-refractivity contribution is 5.89. The Morgan fingerprint density at radius 3 is 2.41 bits per heavy atom. The van der Waals surface area contributed by atoms with Gasteiger partial charge in [-0.1, -0.05) is 6.07 Å². The molecule has 1 aliphatic heterocycles. The molecule has 1 aliphatic rings. The van der Waals surface area contributed by atoms with E-state index in [0.717, 1.165) is 18.3 Å². The number of carbonyl (C=O) groups is 1. The van der Waals surface area contributed by atoms with Crippen LogP contribution in [0, 0.1) is 18.6 Å². The number of piperidine rings is 1. The second-order valence-corrected chi connectivity index (χ2v) is 9.11. The molecule has 16 heteroatoms. The molecule has 0 unspecified atom stereocenters. The summed E-state index contributed by atoms with van der Waals surface area (Å²) in [4.78, 5) is 29.5. The van der Waals surface area contributed by atoms with Crippen LogP contribution in [-0.2, 0) is 12.8 Å². The van der Waals surface area contributed by atoms with Gasteiger partial charge in [-0.3, -0.25) is 0 Å². The molecule has 2 N–H and O–H groups in total. The van der Waals surface area contributed by atoms with E-state index in [2.05, 4.69) is 35.5 Å². The Morgan fingerprint density at radius 1 is 1.07 bits per heavy atom. The van der Waals surface area contributed by atoms with Gasteiger partial charge in [0, 0.05) is 25.2 Å². The number of para-hydroxylation sites is 1. The molecule has 41 heavy (non-hydrogen) atoms. The Labute approximate surface area is 228 Å². The third-order valence-corrected chi connectivity index (χ3v) is 6.44. The fraction of sp³-hybridized carbons (Fsp3) is 0.320. The number of benzene rings is 1. The maximum Gasteiger partial charge on any atom is 0.451 e. The molecule has 5 rings (SSSR count). The van der Waals surface area contributed by atoms with Crippen LogP contribution in [0.3, 0.4) is 0 Å². The molecule has 4 aromatic rings. The number of hydrogen-bond donors (Lipinski definition) is 2. The fourth-order valence-corrected chi connectivity index (χ4v) is 4.49. The first-order chi connectivity index (χ1) is 19.5. The van der Waals surface area contributed by atoms with Gasteiger partial charge in [-0.15, -0.1) is 10.2 Å². The number of nitrogens with one attached hydrogen (secondary N) is 1. The third-order valence-electron chi connectivity index (χ3n) is 6.44. The maximum absolute atomic E-state index is 14.0. The number of hydrogen-bond acceptors (Lipinski definition) is 9. The van der Waals surface area contributed by atoms with E-state index in [1.165, 1.54) is 17.0 Å². The lowest BCUT2D eigenvalue weighted by Crippen LogP contribution is -2.41. The van der Waals surface area contributed by atoms with Crippen molar-refractivity contribution in [2.24, 2.45) is 0 Å². The molecule has 214 valence electrons. The van der Waals surface area contributed by atoms with Gasteiger partial charge in [0.05, 0.1) is 17.0 Å². The van der Waals surface area contributed by atoms with E-state index >= 15 is 0 Å². The zero-order valence-corrected chi connectivity index (χ0v) is 21.3. The number of alkyl halides is 3. The number of halogens is 5. The van der Waals surface area contributed by atoms with Crippen molar-refractivity contribution in [1.82, 2.24) is 35.0 Å². The SMILES string of the molecule is Cc1nc(CO)nc(C2CCN(C(=O)Nc3c(F)cccc3F)CC2)c1-c1nnc(-c2ccnc(C(F)(F)F)n2)o1. The van der Waals surface area contributed by atoms with Crippen molar-refractivity contribution in [3.8, 4) is 23.0 Å². The van der Waals surface area contributed by atoms with Crippen LogP contribution in [0.4, 0.5) is 32.4 Å². The highest BCUT2D eigenvalue weighted by Crippen LogP contribution is 2.36. The monoisotopic (exact) mass is 576 g/mol. The molecule has 0 spiro atoms. The predicted molar refractivity (Wildman–Crippen MR) is 131 cm³/mol. The largest absolute Gasteiger partial charge is 0.451 e. The lowest BCUT2D eigenvalue weighted by Gasteiger charge is -2.32. The molecule has 0 bridgehead atoms. The molecule has 4 heterocycles. The van der Waals surface area contributed by atoms with Gasteiger partial charge >= 0.3 is 12.2 Å². The first-order valence-electron chi connectivity index (χ1n) is 12.3. The highest BCUT2D eigenvalue weighted by Gasteiger charge is 2.35. The highest BCUT2D eigenvalue weighted by atomic mass is 19.4. The average Bonchev–Trinajstić information content (AvgIpc) is 3.44. The van der Waals surface area contributed by atoms with E-state index in [1.807, 2.05) is 0 Å². The van der Waals surface area contributed by atoms with Crippen molar-refractivity contribution < 1.29 is 36.3 Å². The van der Waals surface area contributed by atoms with Crippen LogP contribution < -0.4 is 5.32 Å². The average molecular weight is 576 g/mol. The second-order valence-electron chi connectivity index (χ2n) is 9.11. The molecule has 11 nitrogen and oxygen atoms in total. The minimum Gasteiger partial charge on any atom is -0.414 e. The molecule has 3 aromatic heterocycles. The fourth-order valence-electron chi connectivity index (χ4n) is 4.49. The van der Waals surface area contributed by atoms with Gasteiger partial charge in [-0.2, -0.15) is 13.2 Å². The van der Waals surface area contributed by atoms with Gasteiger partial charge in [0.25, 0.3) is 11.8 Å². The van der Waals surface area contributed by atoms with Gasteiger partial charge in [-0.05, 0) is 38.0 Å². The lowest BCUT2D eigenvalue weighted by molar-refractivity contribution is -0.144. The number of nitrogens with zero attached hydrogens (tertiary/aromatic N) is 7. The van der Waals surface area contributed by atoms with Crippen LogP contribution in [0.2, 0.25) is 0 Å². The van der Waals surface area contributed by atoms with Crippen LogP contribution >= 0.6 is 0 Å². The molecule has 1 aromatic carbocycles. The first kappa shape index (κ1) is 27.9. The number of urea groups is 1. The Hall–Kier alpha value is -4.60. The van der Waals surface area contributed by atoms with Crippen LogP contribution in [0.5, 0.6) is 0 Å². The first-order valence-corrected chi connectivity index (χ1v) is 12.3. The normalized spacial score (nSPS) is 14.4. The Morgan fingerprint density at radius 2 is 1.76 bits per heavy atom. The molecular weight excluding hydrogens is 555 g/mol. The number of carbonyl (C=O) groups excluding carboxylic acids is 1. The van der Waals surface area contributed by atoms with Crippen LogP contribution in [0.25, 0.3) is 23.0 Å². The van der Waals surface area contributed by atoms with E-state index in [4.69, 9.17) is 4.42 Å². The van der Waals surface area contributed by atoms with Crippen molar-refractivity contribution in [2.75, 3.05) is 18.4 Å². The molecule has 1 fully saturated rings. The summed E-state index contributed by atoms with van der Waals surface area (Å²) in [6, 6.07) is 3.77. The summed E-state index contributed by atoms with van der Waals surface area (Å²) in [6.45, 7) is 1.58. The van der Waals surface area contributed by atoms with Crippen molar-refractivity contribution in [2.45, 2.75) is 38.5 Å². The van der Waals surface area contributed by atoms with Gasteiger partial charge in [0.2, 0.25) is 5.82 Å². The molecule has 1 saturated heterocycles. The number of aliphatic hydroxyl groups excluding tert-OH is 1. The molecule has 0 radical (unpaired) electrons. The lowest BCUT2D eigenvalue weighted by atomic mass is 9.90. The van der Waals surface area contributed by atoms with Gasteiger partial charge in [-0.25, -0.2) is 33.5 Å². The van der Waals surface area contributed by atoms with Crippen LogP contribution in [0.15, 0.2) is 34.9 Å². The summed E-state index contributed by atoms with van der Waals surface area (Å²) in [5.41, 5.74) is 0.379. The van der Waals surface area contributed by atoms with E-state index < -0.39 is 42.0 Å². The van der Waals surface area contributed by atoms with Crippen molar-refractivity contribution >= 4 is 11.7 Å². The van der Waals surface area contributed by atoms with Crippen molar-refractivity contribution in [1.29, 1.82) is 0 Å². The molecule has 0 saturated carbocycles. The quantitative estimate of drug-likeness (QED) is 0.329. The molecule has 0 aliphatic carbocycles. The number of rotatable bonds is 5. The van der Waals surface area contributed by atoms with Crippen molar-refractivity contribution in [3.05, 3.63) is 65.1 Å². The summed E-state index contributed by atoms with van der Waals surface area (Å²) in [6.07, 6.45) is -3.09. The standard InChI is InChI=1S/C25H21F5N8O3/c1-12-18(22-37-36-21(41-22)16-5-8-31-23(33-16)25(28,29)30)19(34-17(11-39)32-12)13-6-9-38(10-7-13)24(40)35-20-14(26)3-2-4-15(20)27/h2-5,8,13,39H,6-7,9-11H2,1H3,(H,35,40). The Kier molecular flexibility index (Phi) is 7.57. The van der Waals surface area contributed by atoms with Gasteiger partial charge in [0.1, 0.15) is 29.6 Å². The van der Waals surface area contributed by atoms with Gasteiger partial charge < -0.3 is 19.7 Å². The smallest absolute Gasteiger partial charge is 0.414 e. The maximum atomic E-state index is 14.0. The van der Waals surface area contributed by atoms with E-state index in [-0.39, 0.29) is 42.3 Å². The van der Waals surface area contributed by atoms with E-state index in [1.54, 1.807) is 6.92 Å². The molecule has 2 amide bonds. The van der Waals surface area contributed by atoms with Gasteiger partial charge in [0.15, 0.2) is 5.82 Å². The van der Waals surface area contributed by atoms with Crippen LogP contribution in [-0.4, -0.2) is 59.3 Å². The number of likely N-dealkylation sites (tertiary alicyclic amines) is 1. The second kappa shape index (κ2) is 11.1. The summed E-state index contributed by atoms with van der Waals surface area (Å²) in [5, 5.41) is 19.8. The van der Waals surface area contributed by atoms with Crippen molar-refractivity contribution in [3.63, 3.8) is 0 Å². The topological polar surface area (TPSA) is 143 Å². The number of amides is 2. The zero-order chi connectivity index (χ0) is 29.3. The Balaban J connectivity index is 1.39. The Bertz CT molecular complexity index is 1570. The number of aromatic nitrogens is 6. The molecular formula is C25H21F5N8O3. The summed E-state index contributed by atoms with van der Waals surface area (Å²) < 4.78 is 72.8. The van der Waals surface area contributed by atoms with E-state index in [0.29, 0.717) is 29.8 Å². The number of aliphatic hydroxyl groups is 1. The minimum atomic E-state index is -4.77. The summed E-state index contributed by atoms with van der Waals surface area (Å²) in [5.74, 6) is -3.67. The van der Waals surface area contributed by atoms with Crippen LogP contribution in [0.1, 0.15) is 41.8 Å². The number of aryl methyl sites for hydroxylation is 1. The summed E-state index contributed by atoms with van der Waals surface area (Å²) >= 11 is 0. The summed E-state index contributed by atoms with van der Waals surface area (Å²) in [7, 11) is 0. The molecule has 0 atom stereocenters. The number of anilines is 1. The van der Waals surface area contributed by atoms with E-state index in [9.17, 15) is 31.9 Å². The third kappa shape index (κ3) is 5.82.